The summed E-state index contributed by atoms with van der Waals surface area (Å²) in [6, 6.07) is 18.0. The van der Waals surface area contributed by atoms with E-state index in [0.29, 0.717) is 5.57 Å². The Hall–Kier alpha value is -2.74. The van der Waals surface area contributed by atoms with E-state index in [2.05, 4.69) is 29.2 Å². The zero-order valence-electron chi connectivity index (χ0n) is 10.9. The maximum atomic E-state index is 11.3. The lowest BCUT2D eigenvalue weighted by Crippen LogP contribution is -1.87. The second-order valence-electron chi connectivity index (χ2n) is 4.57. The Balaban J connectivity index is 2.05. The highest BCUT2D eigenvalue weighted by atomic mass is 16.1. The van der Waals surface area contributed by atoms with Crippen molar-refractivity contribution < 1.29 is 4.79 Å². The molecule has 2 heteroatoms. The van der Waals surface area contributed by atoms with E-state index in [1.165, 1.54) is 5.39 Å². The number of aldehydes is 1. The highest BCUT2D eigenvalue weighted by Gasteiger charge is 2.01. The zero-order valence-corrected chi connectivity index (χ0v) is 10.9. The monoisotopic (exact) mass is 259 g/mol. The van der Waals surface area contributed by atoms with Gasteiger partial charge in [0.2, 0.25) is 0 Å². The normalized spacial score (nSPS) is 11.5. The molecule has 0 unspecified atom stereocenters. The molecule has 3 rings (SSSR count). The highest BCUT2D eigenvalue weighted by Crippen LogP contribution is 2.20. The number of hydrogen-bond acceptors (Lipinski definition) is 2. The summed E-state index contributed by atoms with van der Waals surface area (Å²) in [4.78, 5) is 15.3. The van der Waals surface area contributed by atoms with Gasteiger partial charge in [0.05, 0.1) is 0 Å². The van der Waals surface area contributed by atoms with E-state index in [1.54, 1.807) is 12.4 Å². The molecule has 2 aromatic carbocycles. The predicted molar refractivity (Wildman–Crippen MR) is 82.1 cm³/mol. The Morgan fingerprint density at radius 2 is 1.80 bits per heavy atom. The third-order valence-corrected chi connectivity index (χ3v) is 3.22. The Bertz CT molecular complexity index is 776. The first-order valence-electron chi connectivity index (χ1n) is 6.43. The first kappa shape index (κ1) is 12.3. The second kappa shape index (κ2) is 5.49. The highest BCUT2D eigenvalue weighted by molar-refractivity contribution is 6.13. The van der Waals surface area contributed by atoms with E-state index >= 15 is 0 Å². The van der Waals surface area contributed by atoms with Crippen molar-refractivity contribution in [2.45, 2.75) is 0 Å². The maximum absolute atomic E-state index is 11.3. The van der Waals surface area contributed by atoms with Gasteiger partial charge in [0.25, 0.3) is 0 Å². The molecule has 0 N–H and O–H groups in total. The summed E-state index contributed by atoms with van der Waals surface area (Å²) in [5.41, 5.74) is 2.47. The van der Waals surface area contributed by atoms with Crippen LogP contribution >= 0.6 is 0 Å². The molecule has 2 nitrogen and oxygen atoms in total. The van der Waals surface area contributed by atoms with Crippen molar-refractivity contribution in [3.63, 3.8) is 0 Å². The minimum Gasteiger partial charge on any atom is -0.298 e. The molecule has 1 heterocycles. The van der Waals surface area contributed by atoms with Gasteiger partial charge in [0.1, 0.15) is 0 Å². The molecule has 0 aliphatic heterocycles. The van der Waals surface area contributed by atoms with Crippen molar-refractivity contribution >= 4 is 28.7 Å². The molecular weight excluding hydrogens is 246 g/mol. The smallest absolute Gasteiger partial charge is 0.150 e. The summed E-state index contributed by atoms with van der Waals surface area (Å²) in [6.45, 7) is 0. The van der Waals surface area contributed by atoms with Gasteiger partial charge in [-0.05, 0) is 34.5 Å². The van der Waals surface area contributed by atoms with Crippen LogP contribution < -0.4 is 0 Å². The molecule has 96 valence electrons. The van der Waals surface area contributed by atoms with E-state index in [-0.39, 0.29) is 0 Å². The number of carbonyl (C=O) groups excluding carboxylic acids is 1. The predicted octanol–water partition coefficient (Wildman–Crippen LogP) is 3.97. The van der Waals surface area contributed by atoms with Crippen molar-refractivity contribution in [1.82, 2.24) is 4.98 Å². The summed E-state index contributed by atoms with van der Waals surface area (Å²) in [6.07, 6.45) is 6.14. The number of aromatic nitrogens is 1. The molecule has 20 heavy (non-hydrogen) atoms. The number of hydrogen-bond donors (Lipinski definition) is 0. The van der Waals surface area contributed by atoms with Crippen LogP contribution in [0.4, 0.5) is 0 Å². The number of carbonyl (C=O) groups is 1. The third kappa shape index (κ3) is 2.50. The molecule has 0 fully saturated rings. The quantitative estimate of drug-likeness (QED) is 0.526. The average molecular weight is 259 g/mol. The molecule has 0 saturated carbocycles. The van der Waals surface area contributed by atoms with Gasteiger partial charge < -0.3 is 0 Å². The van der Waals surface area contributed by atoms with E-state index in [9.17, 15) is 4.79 Å². The van der Waals surface area contributed by atoms with Crippen LogP contribution in [0, 0.1) is 0 Å². The largest absolute Gasteiger partial charge is 0.298 e. The third-order valence-electron chi connectivity index (χ3n) is 3.22. The molecule has 0 aliphatic rings. The number of pyridine rings is 1. The summed E-state index contributed by atoms with van der Waals surface area (Å²) < 4.78 is 0. The van der Waals surface area contributed by atoms with Crippen LogP contribution in [0.15, 0.2) is 67.0 Å². The number of nitrogens with zero attached hydrogens (tertiary/aromatic N) is 1. The van der Waals surface area contributed by atoms with Crippen molar-refractivity contribution in [2.24, 2.45) is 0 Å². The Morgan fingerprint density at radius 1 is 0.950 bits per heavy atom. The number of allylic oxidation sites excluding steroid dienone is 1. The Labute approximate surface area is 117 Å². The first-order valence-corrected chi connectivity index (χ1v) is 6.43. The van der Waals surface area contributed by atoms with Crippen LogP contribution in [0.2, 0.25) is 0 Å². The van der Waals surface area contributed by atoms with E-state index in [4.69, 9.17) is 0 Å². The molecule has 0 radical (unpaired) electrons. The lowest BCUT2D eigenvalue weighted by atomic mass is 10.0. The topological polar surface area (TPSA) is 30.0 Å². The van der Waals surface area contributed by atoms with E-state index in [1.807, 2.05) is 36.4 Å². The average Bonchev–Trinajstić information content (AvgIpc) is 2.53. The van der Waals surface area contributed by atoms with Crippen molar-refractivity contribution in [2.75, 3.05) is 0 Å². The SMILES string of the molecule is O=CC(=Cc1ccc2ccccc2c1)c1cccnc1. The van der Waals surface area contributed by atoms with Crippen LogP contribution in [-0.2, 0) is 4.79 Å². The second-order valence-corrected chi connectivity index (χ2v) is 4.57. The molecule has 0 spiro atoms. The van der Waals surface area contributed by atoms with Crippen LogP contribution in [0.5, 0.6) is 0 Å². The fourth-order valence-corrected chi connectivity index (χ4v) is 2.20. The minimum absolute atomic E-state index is 0.633. The summed E-state index contributed by atoms with van der Waals surface area (Å²) in [5.74, 6) is 0. The lowest BCUT2D eigenvalue weighted by molar-refractivity contribution is -0.103. The van der Waals surface area contributed by atoms with Gasteiger partial charge in [-0.2, -0.15) is 0 Å². The molecule has 0 atom stereocenters. The lowest BCUT2D eigenvalue weighted by Gasteiger charge is -2.02. The van der Waals surface area contributed by atoms with Crippen LogP contribution in [0.25, 0.3) is 22.4 Å². The van der Waals surface area contributed by atoms with Crippen molar-refractivity contribution in [3.8, 4) is 0 Å². The van der Waals surface area contributed by atoms with Gasteiger partial charge in [-0.25, -0.2) is 0 Å². The summed E-state index contributed by atoms with van der Waals surface area (Å²) in [5, 5.41) is 2.36. The molecule has 1 aromatic heterocycles. The van der Waals surface area contributed by atoms with E-state index < -0.39 is 0 Å². The van der Waals surface area contributed by atoms with Gasteiger partial charge in [-0.3, -0.25) is 9.78 Å². The molecule has 3 aromatic rings. The van der Waals surface area contributed by atoms with Crippen LogP contribution in [-0.4, -0.2) is 11.3 Å². The van der Waals surface area contributed by atoms with Gasteiger partial charge in [-0.1, -0.05) is 42.5 Å². The standard InChI is InChI=1S/C18H13NO/c20-13-18(17-6-3-9-19-12-17)11-14-7-8-15-4-1-2-5-16(15)10-14/h1-13H. The van der Waals surface area contributed by atoms with Crippen molar-refractivity contribution in [1.29, 1.82) is 0 Å². The minimum atomic E-state index is 0.633. The van der Waals surface area contributed by atoms with Crippen molar-refractivity contribution in [3.05, 3.63) is 78.1 Å². The Kier molecular flexibility index (Phi) is 3.38. The fraction of sp³-hybridized carbons (Fsp3) is 0. The Morgan fingerprint density at radius 3 is 2.55 bits per heavy atom. The molecular formula is C18H13NO. The number of fused-ring (bicyclic) bond motifs is 1. The van der Waals surface area contributed by atoms with E-state index in [0.717, 1.165) is 22.8 Å². The number of rotatable bonds is 3. The summed E-state index contributed by atoms with van der Waals surface area (Å²) in [7, 11) is 0. The summed E-state index contributed by atoms with van der Waals surface area (Å²) >= 11 is 0. The fourth-order valence-electron chi connectivity index (χ4n) is 2.20. The van der Waals surface area contributed by atoms with Gasteiger partial charge in [0, 0.05) is 23.5 Å². The first-order chi connectivity index (χ1) is 9.86. The van der Waals surface area contributed by atoms with Gasteiger partial charge in [-0.15, -0.1) is 0 Å². The van der Waals surface area contributed by atoms with Crippen LogP contribution in [0.1, 0.15) is 11.1 Å². The molecule has 0 bridgehead atoms. The van der Waals surface area contributed by atoms with Gasteiger partial charge in [0.15, 0.2) is 6.29 Å². The number of benzene rings is 2. The van der Waals surface area contributed by atoms with Gasteiger partial charge >= 0.3 is 0 Å². The van der Waals surface area contributed by atoms with Crippen LogP contribution in [0.3, 0.4) is 0 Å². The maximum Gasteiger partial charge on any atom is 0.150 e. The molecule has 0 aliphatic carbocycles. The molecule has 0 amide bonds. The zero-order chi connectivity index (χ0) is 13.8. The molecule has 0 saturated heterocycles.